The smallest absolute Gasteiger partial charge is 0.118 e. The van der Waals surface area contributed by atoms with Crippen LogP contribution in [-0.2, 0) is 4.74 Å². The van der Waals surface area contributed by atoms with Crippen molar-refractivity contribution in [1.29, 1.82) is 0 Å². The van der Waals surface area contributed by atoms with Crippen LogP contribution in [0.1, 0.15) is 13.8 Å². The van der Waals surface area contributed by atoms with Crippen LogP contribution in [-0.4, -0.2) is 6.10 Å². The molecule has 1 atom stereocenters. The first-order valence-electron chi connectivity index (χ1n) is 3.11. The number of hydrogen-bond donors (Lipinski definition) is 0. The lowest BCUT2D eigenvalue weighted by molar-refractivity contribution is 0.144. The van der Waals surface area contributed by atoms with Gasteiger partial charge in [0, 0.05) is 0 Å². The molecule has 0 fully saturated rings. The van der Waals surface area contributed by atoms with E-state index in [0.29, 0.717) is 5.92 Å². The first-order valence-corrected chi connectivity index (χ1v) is 3.11. The summed E-state index contributed by atoms with van der Waals surface area (Å²) in [5.74, 6) is 0.473. The third-order valence-corrected chi connectivity index (χ3v) is 1.14. The Morgan fingerprint density at radius 2 is 1.89 bits per heavy atom. The van der Waals surface area contributed by atoms with Crippen LogP contribution in [0.25, 0.3) is 0 Å². The Balaban J connectivity index is 3.66. The highest BCUT2D eigenvalue weighted by molar-refractivity contribution is 4.83. The maximum Gasteiger partial charge on any atom is 0.118 e. The van der Waals surface area contributed by atoms with Gasteiger partial charge in [0.15, 0.2) is 0 Å². The zero-order valence-electron chi connectivity index (χ0n) is 6.13. The molecule has 1 unspecified atom stereocenters. The monoisotopic (exact) mass is 126 g/mol. The van der Waals surface area contributed by atoms with Gasteiger partial charge in [-0.2, -0.15) is 0 Å². The molecular formula is C8H14O. The lowest BCUT2D eigenvalue weighted by Gasteiger charge is -2.14. The molecule has 1 heteroatoms. The fourth-order valence-electron chi connectivity index (χ4n) is 0.596. The van der Waals surface area contributed by atoms with Crippen molar-refractivity contribution in [2.75, 3.05) is 0 Å². The van der Waals surface area contributed by atoms with Crippen LogP contribution < -0.4 is 0 Å². The second kappa shape index (κ2) is 4.19. The SMILES string of the molecule is C=COC(C=C)C(C)C. The summed E-state index contributed by atoms with van der Waals surface area (Å²) in [6, 6.07) is 0. The zero-order chi connectivity index (χ0) is 7.28. The van der Waals surface area contributed by atoms with E-state index in [9.17, 15) is 0 Å². The average Bonchev–Trinajstić information content (AvgIpc) is 1.82. The Morgan fingerprint density at radius 1 is 1.33 bits per heavy atom. The molecule has 0 aliphatic heterocycles. The Labute approximate surface area is 57.0 Å². The largest absolute Gasteiger partial charge is 0.494 e. The van der Waals surface area contributed by atoms with Gasteiger partial charge in [-0.3, -0.25) is 0 Å². The summed E-state index contributed by atoms with van der Waals surface area (Å²) in [5, 5.41) is 0. The van der Waals surface area contributed by atoms with E-state index < -0.39 is 0 Å². The van der Waals surface area contributed by atoms with Crippen LogP contribution in [0.3, 0.4) is 0 Å². The zero-order valence-corrected chi connectivity index (χ0v) is 6.13. The first-order chi connectivity index (χ1) is 4.22. The van der Waals surface area contributed by atoms with E-state index in [-0.39, 0.29) is 6.10 Å². The van der Waals surface area contributed by atoms with Gasteiger partial charge in [-0.05, 0) is 5.92 Å². The van der Waals surface area contributed by atoms with Gasteiger partial charge in [0.25, 0.3) is 0 Å². The average molecular weight is 126 g/mol. The molecule has 1 nitrogen and oxygen atoms in total. The molecule has 0 saturated carbocycles. The summed E-state index contributed by atoms with van der Waals surface area (Å²) < 4.78 is 5.10. The topological polar surface area (TPSA) is 9.23 Å². The second-order valence-electron chi connectivity index (χ2n) is 2.25. The predicted octanol–water partition coefficient (Wildman–Crippen LogP) is 2.36. The molecule has 9 heavy (non-hydrogen) atoms. The van der Waals surface area contributed by atoms with Crippen LogP contribution in [0.2, 0.25) is 0 Å². The maximum absolute atomic E-state index is 5.10. The molecule has 0 aromatic heterocycles. The van der Waals surface area contributed by atoms with E-state index in [4.69, 9.17) is 4.74 Å². The molecule has 0 heterocycles. The molecule has 0 saturated heterocycles. The standard InChI is InChI=1S/C8H14O/c1-5-8(7(3)4)9-6-2/h5-8H,1-2H2,3-4H3. The molecule has 0 radical (unpaired) electrons. The van der Waals surface area contributed by atoms with Gasteiger partial charge in [-0.15, -0.1) is 0 Å². The summed E-state index contributed by atoms with van der Waals surface area (Å²) in [7, 11) is 0. The van der Waals surface area contributed by atoms with Gasteiger partial charge >= 0.3 is 0 Å². The molecule has 0 spiro atoms. The van der Waals surface area contributed by atoms with E-state index in [0.717, 1.165) is 0 Å². The second-order valence-corrected chi connectivity index (χ2v) is 2.25. The molecule has 0 amide bonds. The van der Waals surface area contributed by atoms with Crippen molar-refractivity contribution in [2.45, 2.75) is 20.0 Å². The van der Waals surface area contributed by atoms with Crippen molar-refractivity contribution in [3.63, 3.8) is 0 Å². The number of ether oxygens (including phenoxy) is 1. The molecule has 0 bridgehead atoms. The Kier molecular flexibility index (Phi) is 3.85. The van der Waals surface area contributed by atoms with Gasteiger partial charge < -0.3 is 4.74 Å². The van der Waals surface area contributed by atoms with Gasteiger partial charge in [0.05, 0.1) is 6.26 Å². The minimum Gasteiger partial charge on any atom is -0.494 e. The van der Waals surface area contributed by atoms with Crippen LogP contribution in [0.15, 0.2) is 25.5 Å². The summed E-state index contributed by atoms with van der Waals surface area (Å²) in [5.41, 5.74) is 0. The fourth-order valence-corrected chi connectivity index (χ4v) is 0.596. The summed E-state index contributed by atoms with van der Waals surface area (Å²) in [6.07, 6.45) is 3.35. The highest BCUT2D eigenvalue weighted by Gasteiger charge is 2.06. The Morgan fingerprint density at radius 3 is 2.00 bits per heavy atom. The van der Waals surface area contributed by atoms with Crippen LogP contribution in [0, 0.1) is 5.92 Å². The number of hydrogen-bond acceptors (Lipinski definition) is 1. The van der Waals surface area contributed by atoms with E-state index >= 15 is 0 Å². The molecular weight excluding hydrogens is 112 g/mol. The van der Waals surface area contributed by atoms with E-state index in [1.165, 1.54) is 6.26 Å². The van der Waals surface area contributed by atoms with E-state index in [2.05, 4.69) is 27.0 Å². The molecule has 0 aliphatic rings. The van der Waals surface area contributed by atoms with Crippen molar-refractivity contribution < 1.29 is 4.74 Å². The Hall–Kier alpha value is -0.720. The van der Waals surface area contributed by atoms with E-state index in [1.54, 1.807) is 6.08 Å². The van der Waals surface area contributed by atoms with Crippen molar-refractivity contribution in [1.82, 2.24) is 0 Å². The molecule has 0 aromatic rings. The highest BCUT2D eigenvalue weighted by atomic mass is 16.5. The van der Waals surface area contributed by atoms with Gasteiger partial charge in [-0.25, -0.2) is 0 Å². The number of rotatable bonds is 4. The Bertz CT molecular complexity index is 94.7. The van der Waals surface area contributed by atoms with Crippen LogP contribution in [0.5, 0.6) is 0 Å². The van der Waals surface area contributed by atoms with E-state index in [1.807, 2.05) is 0 Å². The highest BCUT2D eigenvalue weighted by Crippen LogP contribution is 2.06. The lowest BCUT2D eigenvalue weighted by Crippen LogP contribution is -2.13. The van der Waals surface area contributed by atoms with Gasteiger partial charge in [0.1, 0.15) is 6.10 Å². The third-order valence-electron chi connectivity index (χ3n) is 1.14. The summed E-state index contributed by atoms with van der Waals surface area (Å²) >= 11 is 0. The van der Waals surface area contributed by atoms with Crippen molar-refractivity contribution in [3.05, 3.63) is 25.5 Å². The van der Waals surface area contributed by atoms with Crippen molar-refractivity contribution in [3.8, 4) is 0 Å². The van der Waals surface area contributed by atoms with Gasteiger partial charge in [-0.1, -0.05) is 33.1 Å². The predicted molar refractivity (Wildman–Crippen MR) is 40.1 cm³/mol. The van der Waals surface area contributed by atoms with Crippen molar-refractivity contribution in [2.24, 2.45) is 5.92 Å². The van der Waals surface area contributed by atoms with Gasteiger partial charge in [0.2, 0.25) is 0 Å². The molecule has 0 aliphatic carbocycles. The van der Waals surface area contributed by atoms with Crippen LogP contribution in [0.4, 0.5) is 0 Å². The van der Waals surface area contributed by atoms with Crippen LogP contribution >= 0.6 is 0 Å². The quantitative estimate of drug-likeness (QED) is 0.415. The fraction of sp³-hybridized carbons (Fsp3) is 0.500. The molecule has 0 aromatic carbocycles. The molecule has 0 rings (SSSR count). The summed E-state index contributed by atoms with van der Waals surface area (Å²) in [6.45, 7) is 11.2. The van der Waals surface area contributed by atoms with Crippen molar-refractivity contribution >= 4 is 0 Å². The minimum absolute atomic E-state index is 0.113. The maximum atomic E-state index is 5.10. The molecule has 52 valence electrons. The summed E-state index contributed by atoms with van der Waals surface area (Å²) in [4.78, 5) is 0. The first kappa shape index (κ1) is 8.28. The normalized spacial score (nSPS) is 12.8. The third kappa shape index (κ3) is 2.96. The lowest BCUT2D eigenvalue weighted by atomic mass is 10.1. The molecule has 0 N–H and O–H groups in total. The minimum atomic E-state index is 0.113.